The van der Waals surface area contributed by atoms with Gasteiger partial charge < -0.3 is 5.73 Å². The molecule has 72 valence electrons. The van der Waals surface area contributed by atoms with Crippen LogP contribution in [0.3, 0.4) is 0 Å². The quantitative estimate of drug-likeness (QED) is 0.728. The van der Waals surface area contributed by atoms with Crippen molar-refractivity contribution >= 4 is 48.3 Å². The molecule has 2 aromatic rings. The molecule has 2 aromatic carbocycles. The molecule has 0 spiro atoms. The molecular weight excluding hydrogens is 313 g/mol. The molecule has 0 aromatic heterocycles. The van der Waals surface area contributed by atoms with E-state index in [4.69, 9.17) is 5.73 Å². The lowest BCUT2D eigenvalue weighted by Gasteiger charge is -2.07. The van der Waals surface area contributed by atoms with Gasteiger partial charge in [-0.05, 0) is 49.4 Å². The normalized spacial score (nSPS) is 10.8. The third kappa shape index (κ3) is 1.42. The lowest BCUT2D eigenvalue weighted by molar-refractivity contribution is 0.640. The van der Waals surface area contributed by atoms with E-state index >= 15 is 0 Å². The molecule has 0 heterocycles. The Kier molecular flexibility index (Phi) is 2.49. The molecular formula is C10H6Br2FN. The largest absolute Gasteiger partial charge is 0.397 e. The molecule has 1 nitrogen and oxygen atoms in total. The van der Waals surface area contributed by atoms with Gasteiger partial charge in [-0.3, -0.25) is 0 Å². The van der Waals surface area contributed by atoms with E-state index < -0.39 is 0 Å². The molecule has 0 saturated heterocycles. The third-order valence-electron chi connectivity index (χ3n) is 2.04. The summed E-state index contributed by atoms with van der Waals surface area (Å²) in [7, 11) is 0. The van der Waals surface area contributed by atoms with Gasteiger partial charge in [0.1, 0.15) is 5.82 Å². The Labute approximate surface area is 97.4 Å². The fraction of sp³-hybridized carbons (Fsp3) is 0. The SMILES string of the molecule is Nc1c(Br)c(Br)cc2cccc(F)c12. The Morgan fingerprint density at radius 1 is 1.21 bits per heavy atom. The maximum atomic E-state index is 13.4. The van der Waals surface area contributed by atoms with Crippen molar-refractivity contribution in [2.24, 2.45) is 0 Å². The van der Waals surface area contributed by atoms with Gasteiger partial charge in [0.05, 0.1) is 10.2 Å². The summed E-state index contributed by atoms with van der Waals surface area (Å²) in [6, 6.07) is 6.72. The molecule has 0 aliphatic heterocycles. The van der Waals surface area contributed by atoms with Crippen molar-refractivity contribution in [3.63, 3.8) is 0 Å². The second-order valence-electron chi connectivity index (χ2n) is 2.92. The number of nitrogen functional groups attached to an aromatic ring is 1. The molecule has 2 N–H and O–H groups in total. The molecule has 14 heavy (non-hydrogen) atoms. The summed E-state index contributed by atoms with van der Waals surface area (Å²) >= 11 is 6.64. The van der Waals surface area contributed by atoms with Crippen molar-refractivity contribution in [3.05, 3.63) is 39.0 Å². The first-order valence-electron chi connectivity index (χ1n) is 3.93. The van der Waals surface area contributed by atoms with Gasteiger partial charge in [0.15, 0.2) is 0 Å². The van der Waals surface area contributed by atoms with Crippen molar-refractivity contribution in [2.75, 3.05) is 5.73 Å². The molecule has 0 atom stereocenters. The molecule has 2 rings (SSSR count). The van der Waals surface area contributed by atoms with Crippen LogP contribution in [0.5, 0.6) is 0 Å². The van der Waals surface area contributed by atoms with Crippen LogP contribution in [0.15, 0.2) is 33.2 Å². The highest BCUT2D eigenvalue weighted by molar-refractivity contribution is 9.13. The molecule has 0 fully saturated rings. The minimum atomic E-state index is -0.298. The van der Waals surface area contributed by atoms with Crippen LogP contribution in [0.1, 0.15) is 0 Å². The predicted octanol–water partition coefficient (Wildman–Crippen LogP) is 4.09. The second-order valence-corrected chi connectivity index (χ2v) is 4.57. The van der Waals surface area contributed by atoms with Crippen LogP contribution in [0.4, 0.5) is 10.1 Å². The molecule has 0 aliphatic carbocycles. The number of halogens is 3. The van der Waals surface area contributed by atoms with Crippen LogP contribution >= 0.6 is 31.9 Å². The predicted molar refractivity (Wildman–Crippen MR) is 63.7 cm³/mol. The first-order chi connectivity index (χ1) is 6.61. The van der Waals surface area contributed by atoms with Crippen molar-refractivity contribution in [3.8, 4) is 0 Å². The van der Waals surface area contributed by atoms with Crippen LogP contribution in [0, 0.1) is 5.82 Å². The highest BCUT2D eigenvalue weighted by atomic mass is 79.9. The Bertz CT molecular complexity index is 511. The van der Waals surface area contributed by atoms with Crippen LogP contribution in [0.25, 0.3) is 10.8 Å². The molecule has 0 unspecified atom stereocenters. The Morgan fingerprint density at radius 3 is 2.64 bits per heavy atom. The van der Waals surface area contributed by atoms with E-state index in [0.717, 1.165) is 9.86 Å². The smallest absolute Gasteiger partial charge is 0.133 e. The molecule has 0 saturated carbocycles. The summed E-state index contributed by atoms with van der Waals surface area (Å²) in [6.07, 6.45) is 0. The number of benzene rings is 2. The average molecular weight is 319 g/mol. The second kappa shape index (κ2) is 3.51. The highest BCUT2D eigenvalue weighted by Gasteiger charge is 2.10. The van der Waals surface area contributed by atoms with E-state index in [1.165, 1.54) is 6.07 Å². The Hall–Kier alpha value is -0.610. The standard InChI is InChI=1S/C10H6Br2FN/c11-6-4-5-2-1-3-7(13)8(5)10(14)9(6)12/h1-4H,14H2. The van der Waals surface area contributed by atoms with Gasteiger partial charge in [-0.1, -0.05) is 12.1 Å². The van der Waals surface area contributed by atoms with Crippen LogP contribution in [-0.4, -0.2) is 0 Å². The van der Waals surface area contributed by atoms with E-state index in [2.05, 4.69) is 31.9 Å². The van der Waals surface area contributed by atoms with Crippen molar-refractivity contribution in [2.45, 2.75) is 0 Å². The zero-order valence-electron chi connectivity index (χ0n) is 7.02. The van der Waals surface area contributed by atoms with Crippen LogP contribution < -0.4 is 5.73 Å². The van der Waals surface area contributed by atoms with Gasteiger partial charge >= 0.3 is 0 Å². The molecule has 0 radical (unpaired) electrons. The maximum Gasteiger partial charge on any atom is 0.133 e. The fourth-order valence-electron chi connectivity index (χ4n) is 1.38. The molecule has 4 heteroatoms. The monoisotopic (exact) mass is 317 g/mol. The summed E-state index contributed by atoms with van der Waals surface area (Å²) in [4.78, 5) is 0. The molecule has 0 bridgehead atoms. The summed E-state index contributed by atoms with van der Waals surface area (Å²) in [5.41, 5.74) is 6.23. The number of hydrogen-bond donors (Lipinski definition) is 1. The Balaban J connectivity index is 2.99. The van der Waals surface area contributed by atoms with Gasteiger partial charge in [-0.2, -0.15) is 0 Å². The van der Waals surface area contributed by atoms with Gasteiger partial charge in [-0.15, -0.1) is 0 Å². The average Bonchev–Trinajstić information content (AvgIpc) is 2.14. The van der Waals surface area contributed by atoms with E-state index in [0.29, 0.717) is 15.5 Å². The summed E-state index contributed by atoms with van der Waals surface area (Å²) < 4.78 is 15.0. The lowest BCUT2D eigenvalue weighted by Crippen LogP contribution is -1.92. The maximum absolute atomic E-state index is 13.4. The van der Waals surface area contributed by atoms with E-state index in [1.54, 1.807) is 6.07 Å². The number of rotatable bonds is 0. The number of anilines is 1. The highest BCUT2D eigenvalue weighted by Crippen LogP contribution is 2.36. The van der Waals surface area contributed by atoms with E-state index in [9.17, 15) is 4.39 Å². The van der Waals surface area contributed by atoms with Gasteiger partial charge in [-0.25, -0.2) is 4.39 Å². The van der Waals surface area contributed by atoms with Crippen LogP contribution in [-0.2, 0) is 0 Å². The minimum Gasteiger partial charge on any atom is -0.397 e. The van der Waals surface area contributed by atoms with E-state index in [-0.39, 0.29) is 5.82 Å². The zero-order valence-corrected chi connectivity index (χ0v) is 10.2. The topological polar surface area (TPSA) is 26.0 Å². The minimum absolute atomic E-state index is 0.298. The third-order valence-corrected chi connectivity index (χ3v) is 4.06. The number of hydrogen-bond acceptors (Lipinski definition) is 1. The van der Waals surface area contributed by atoms with Gasteiger partial charge in [0, 0.05) is 9.86 Å². The first kappa shape index (κ1) is 9.93. The zero-order chi connectivity index (χ0) is 10.3. The summed E-state index contributed by atoms with van der Waals surface area (Å²) in [5, 5.41) is 1.25. The van der Waals surface area contributed by atoms with Gasteiger partial charge in [0.2, 0.25) is 0 Å². The van der Waals surface area contributed by atoms with Crippen molar-refractivity contribution in [1.29, 1.82) is 0 Å². The van der Waals surface area contributed by atoms with Gasteiger partial charge in [0.25, 0.3) is 0 Å². The summed E-state index contributed by atoms with van der Waals surface area (Å²) in [6.45, 7) is 0. The summed E-state index contributed by atoms with van der Waals surface area (Å²) in [5.74, 6) is -0.298. The fourth-order valence-corrected chi connectivity index (χ4v) is 2.16. The Morgan fingerprint density at radius 2 is 1.93 bits per heavy atom. The molecule has 0 aliphatic rings. The number of nitrogens with two attached hydrogens (primary N) is 1. The lowest BCUT2D eigenvalue weighted by atomic mass is 10.1. The first-order valence-corrected chi connectivity index (χ1v) is 5.51. The van der Waals surface area contributed by atoms with Crippen molar-refractivity contribution < 1.29 is 4.39 Å². The van der Waals surface area contributed by atoms with Crippen molar-refractivity contribution in [1.82, 2.24) is 0 Å². The molecule has 0 amide bonds. The van der Waals surface area contributed by atoms with E-state index in [1.807, 2.05) is 12.1 Å². The van der Waals surface area contributed by atoms with Crippen LogP contribution in [0.2, 0.25) is 0 Å². The number of fused-ring (bicyclic) bond motifs is 1.